The minimum absolute atomic E-state index is 0.0624. The Hall–Kier alpha value is -0.620. The zero-order chi connectivity index (χ0) is 15.6. The number of halogens is 1. The molecule has 0 saturated heterocycles. The van der Waals surface area contributed by atoms with E-state index in [1.165, 1.54) is 6.26 Å². The summed E-state index contributed by atoms with van der Waals surface area (Å²) in [6.45, 7) is 1.96. The molecule has 3 N–H and O–H groups in total. The van der Waals surface area contributed by atoms with Crippen LogP contribution in [0.15, 0.2) is 18.2 Å². The minimum atomic E-state index is -2.99. The Morgan fingerprint density at radius 3 is 2.67 bits per heavy atom. The van der Waals surface area contributed by atoms with Gasteiger partial charge in [-0.1, -0.05) is 30.2 Å². The molecule has 0 spiro atoms. The maximum absolute atomic E-state index is 11.8. The lowest BCUT2D eigenvalue weighted by Crippen LogP contribution is -2.38. The first kappa shape index (κ1) is 16.7. The highest BCUT2D eigenvalue weighted by molar-refractivity contribution is 7.91. The van der Waals surface area contributed by atoms with Crippen molar-refractivity contribution in [2.75, 3.05) is 6.26 Å². The maximum Gasteiger partial charge on any atom is 0.150 e. The fraction of sp³-hybridized carbons (Fsp3) is 0.600. The van der Waals surface area contributed by atoms with Gasteiger partial charge in [0.1, 0.15) is 9.84 Å². The first-order valence-electron chi connectivity index (χ1n) is 7.24. The molecule has 1 saturated carbocycles. The predicted molar refractivity (Wildman–Crippen MR) is 86.8 cm³/mol. The van der Waals surface area contributed by atoms with E-state index in [4.69, 9.17) is 17.4 Å². The van der Waals surface area contributed by atoms with Gasteiger partial charge in [-0.25, -0.2) is 8.42 Å². The van der Waals surface area contributed by atoms with Crippen LogP contribution in [-0.4, -0.2) is 19.9 Å². The van der Waals surface area contributed by atoms with Gasteiger partial charge in [0.2, 0.25) is 0 Å². The van der Waals surface area contributed by atoms with Crippen molar-refractivity contribution >= 4 is 21.4 Å². The van der Waals surface area contributed by atoms with Crippen LogP contribution in [0.1, 0.15) is 42.9 Å². The van der Waals surface area contributed by atoms with Gasteiger partial charge in [-0.15, -0.1) is 0 Å². The van der Waals surface area contributed by atoms with E-state index in [1.54, 1.807) is 0 Å². The van der Waals surface area contributed by atoms with E-state index in [2.05, 4.69) is 5.43 Å². The van der Waals surface area contributed by atoms with Crippen molar-refractivity contribution in [3.8, 4) is 0 Å². The van der Waals surface area contributed by atoms with Crippen molar-refractivity contribution in [1.82, 2.24) is 5.43 Å². The van der Waals surface area contributed by atoms with E-state index in [1.807, 2.05) is 25.1 Å². The third-order valence-electron chi connectivity index (χ3n) is 4.48. The molecule has 0 aliphatic heterocycles. The second-order valence-corrected chi connectivity index (χ2v) is 8.76. The summed E-state index contributed by atoms with van der Waals surface area (Å²) >= 11 is 6.19. The number of hydrogen-bond acceptors (Lipinski definition) is 4. The fourth-order valence-electron chi connectivity index (χ4n) is 3.18. The molecule has 3 atom stereocenters. The van der Waals surface area contributed by atoms with Crippen LogP contribution in [0, 0.1) is 12.8 Å². The van der Waals surface area contributed by atoms with Crippen LogP contribution >= 0.6 is 11.6 Å². The summed E-state index contributed by atoms with van der Waals surface area (Å²) in [5, 5.41) is 0.455. The molecule has 1 aliphatic rings. The Labute approximate surface area is 131 Å². The number of nitrogens with two attached hydrogens (primary N) is 1. The summed E-state index contributed by atoms with van der Waals surface area (Å²) in [5.41, 5.74) is 4.90. The summed E-state index contributed by atoms with van der Waals surface area (Å²) in [7, 11) is -2.99. The molecule has 118 valence electrons. The number of benzene rings is 1. The van der Waals surface area contributed by atoms with Gasteiger partial charge in [0.15, 0.2) is 0 Å². The summed E-state index contributed by atoms with van der Waals surface area (Å²) in [4.78, 5) is 0. The highest BCUT2D eigenvalue weighted by atomic mass is 35.5. The number of sulfone groups is 1. The van der Waals surface area contributed by atoms with Crippen LogP contribution in [0.3, 0.4) is 0 Å². The zero-order valence-electron chi connectivity index (χ0n) is 12.5. The number of rotatable bonds is 4. The third-order valence-corrected chi connectivity index (χ3v) is 6.52. The van der Waals surface area contributed by atoms with E-state index in [0.717, 1.165) is 30.4 Å². The van der Waals surface area contributed by atoms with Crippen molar-refractivity contribution in [1.29, 1.82) is 0 Å². The van der Waals surface area contributed by atoms with E-state index >= 15 is 0 Å². The van der Waals surface area contributed by atoms with Gasteiger partial charge in [0, 0.05) is 17.3 Å². The lowest BCUT2D eigenvalue weighted by Gasteiger charge is -2.34. The largest absolute Gasteiger partial charge is 0.271 e. The second-order valence-electron chi connectivity index (χ2n) is 6.03. The molecular weight excluding hydrogens is 308 g/mol. The van der Waals surface area contributed by atoms with E-state index in [-0.39, 0.29) is 17.2 Å². The van der Waals surface area contributed by atoms with Gasteiger partial charge >= 0.3 is 0 Å². The topological polar surface area (TPSA) is 72.2 Å². The van der Waals surface area contributed by atoms with Crippen molar-refractivity contribution in [3.05, 3.63) is 34.3 Å². The Morgan fingerprint density at radius 1 is 1.38 bits per heavy atom. The van der Waals surface area contributed by atoms with Gasteiger partial charge in [-0.05, 0) is 49.3 Å². The van der Waals surface area contributed by atoms with Crippen LogP contribution < -0.4 is 11.3 Å². The highest BCUT2D eigenvalue weighted by Crippen LogP contribution is 2.37. The Balaban J connectivity index is 2.22. The van der Waals surface area contributed by atoms with Crippen molar-refractivity contribution in [2.24, 2.45) is 11.8 Å². The molecular formula is C15H23ClN2O2S. The van der Waals surface area contributed by atoms with Crippen LogP contribution in [0.2, 0.25) is 5.02 Å². The molecule has 0 amide bonds. The molecule has 0 heterocycles. The number of hydrogen-bond donors (Lipinski definition) is 2. The molecule has 0 radical (unpaired) electrons. The van der Waals surface area contributed by atoms with Crippen LogP contribution in [0.4, 0.5) is 0 Å². The zero-order valence-corrected chi connectivity index (χ0v) is 14.0. The fourth-order valence-corrected chi connectivity index (χ4v) is 4.56. The summed E-state index contributed by atoms with van der Waals surface area (Å²) in [5.74, 6) is 5.95. The van der Waals surface area contributed by atoms with Crippen LogP contribution in [0.5, 0.6) is 0 Å². The first-order chi connectivity index (χ1) is 9.82. The Morgan fingerprint density at radius 2 is 2.10 bits per heavy atom. The number of aryl methyl sites for hydroxylation is 1. The standard InChI is InChI=1S/C15H23ClN2O2S/c1-10-6-7-12(9-14(10)16)15(18-17)11-4-3-5-13(8-11)21(2,19)20/h6-7,9,11,13,15,18H,3-5,8,17H2,1-2H3. The SMILES string of the molecule is Cc1ccc(C(NN)C2CCCC(S(C)(=O)=O)C2)cc1Cl. The molecule has 1 aromatic carbocycles. The number of nitrogens with one attached hydrogen (secondary N) is 1. The van der Waals surface area contributed by atoms with Gasteiger partial charge in [-0.3, -0.25) is 11.3 Å². The highest BCUT2D eigenvalue weighted by Gasteiger charge is 2.33. The van der Waals surface area contributed by atoms with Crippen molar-refractivity contribution in [3.63, 3.8) is 0 Å². The van der Waals surface area contributed by atoms with Gasteiger partial charge in [0.25, 0.3) is 0 Å². The molecule has 1 fully saturated rings. The minimum Gasteiger partial charge on any atom is -0.271 e. The number of hydrazine groups is 1. The van der Waals surface area contributed by atoms with Gasteiger partial charge in [-0.2, -0.15) is 0 Å². The molecule has 1 aliphatic carbocycles. The first-order valence-corrected chi connectivity index (χ1v) is 9.57. The monoisotopic (exact) mass is 330 g/mol. The lowest BCUT2D eigenvalue weighted by atomic mass is 9.81. The molecule has 2 rings (SSSR count). The smallest absolute Gasteiger partial charge is 0.150 e. The lowest BCUT2D eigenvalue weighted by molar-refractivity contribution is 0.274. The second kappa shape index (κ2) is 6.65. The maximum atomic E-state index is 11.8. The Kier molecular flexibility index (Phi) is 5.30. The average Bonchev–Trinajstić information content (AvgIpc) is 2.43. The summed E-state index contributed by atoms with van der Waals surface area (Å²) < 4.78 is 23.6. The molecule has 0 aromatic heterocycles. The van der Waals surface area contributed by atoms with Gasteiger partial charge < -0.3 is 0 Å². The van der Waals surface area contributed by atoms with Crippen molar-refractivity contribution in [2.45, 2.75) is 43.9 Å². The molecule has 4 nitrogen and oxygen atoms in total. The van der Waals surface area contributed by atoms with E-state index in [0.29, 0.717) is 11.4 Å². The Bertz CT molecular complexity index is 604. The van der Waals surface area contributed by atoms with Crippen molar-refractivity contribution < 1.29 is 8.42 Å². The molecule has 6 heteroatoms. The quantitative estimate of drug-likeness (QED) is 0.657. The third kappa shape index (κ3) is 3.97. The molecule has 1 aromatic rings. The van der Waals surface area contributed by atoms with Crippen LogP contribution in [0.25, 0.3) is 0 Å². The summed E-state index contributed by atoms with van der Waals surface area (Å²) in [6, 6.07) is 5.84. The summed E-state index contributed by atoms with van der Waals surface area (Å²) in [6.07, 6.45) is 4.63. The molecule has 3 unspecified atom stereocenters. The molecule has 21 heavy (non-hydrogen) atoms. The van der Waals surface area contributed by atoms with Crippen LogP contribution in [-0.2, 0) is 9.84 Å². The van der Waals surface area contributed by atoms with Gasteiger partial charge in [0.05, 0.1) is 5.25 Å². The predicted octanol–water partition coefficient (Wildman–Crippen LogP) is 2.76. The molecule has 0 bridgehead atoms. The van der Waals surface area contributed by atoms with E-state index < -0.39 is 9.84 Å². The average molecular weight is 331 g/mol. The normalized spacial score (nSPS) is 24.8. The van der Waals surface area contributed by atoms with E-state index in [9.17, 15) is 8.42 Å².